The second kappa shape index (κ2) is 2.79. The summed E-state index contributed by atoms with van der Waals surface area (Å²) < 4.78 is 0. The molecule has 0 radical (unpaired) electrons. The standard InChI is InChI=1S/C3H5NO.U/c5-2-3-1-4-3;/h1,3,5H,2H2;. The van der Waals surface area contributed by atoms with E-state index in [2.05, 4.69) is 4.99 Å². The van der Waals surface area contributed by atoms with Crippen LogP contribution in [0, 0.1) is 31.1 Å². The summed E-state index contributed by atoms with van der Waals surface area (Å²) in [5.74, 6) is 0. The summed E-state index contributed by atoms with van der Waals surface area (Å²) in [5, 5.41) is 8.08. The van der Waals surface area contributed by atoms with Crippen molar-refractivity contribution in [2.45, 2.75) is 6.04 Å². The second-order valence-corrected chi connectivity index (χ2v) is 1.05. The van der Waals surface area contributed by atoms with Gasteiger partial charge >= 0.3 is 0 Å². The van der Waals surface area contributed by atoms with Crippen LogP contribution in [0.4, 0.5) is 0 Å². The Morgan fingerprint density at radius 3 is 2.33 bits per heavy atom. The summed E-state index contributed by atoms with van der Waals surface area (Å²) in [4.78, 5) is 3.65. The van der Waals surface area contributed by atoms with Gasteiger partial charge in [0.15, 0.2) is 0 Å². The van der Waals surface area contributed by atoms with Crippen LogP contribution in [0.1, 0.15) is 0 Å². The molecule has 1 heterocycles. The first kappa shape index (κ1) is 6.68. The normalized spacial score (nSPS) is 25.8. The molecule has 0 aromatic heterocycles. The number of hydrogen-bond donors (Lipinski definition) is 1. The molecular weight excluding hydrogens is 304 g/mol. The molecule has 1 unspecified atom stereocenters. The average Bonchev–Trinajstić information content (AvgIpc) is 2.12. The van der Waals surface area contributed by atoms with Gasteiger partial charge < -0.3 is 5.11 Å². The molecule has 0 aromatic carbocycles. The zero-order chi connectivity index (χ0) is 3.70. The Morgan fingerprint density at radius 2 is 2.33 bits per heavy atom. The van der Waals surface area contributed by atoms with Gasteiger partial charge in [-0.05, 0) is 0 Å². The predicted molar refractivity (Wildman–Crippen MR) is 19.4 cm³/mol. The van der Waals surface area contributed by atoms with Gasteiger partial charge in [0.1, 0.15) is 6.04 Å². The Morgan fingerprint density at radius 1 is 1.83 bits per heavy atom. The molecule has 0 aliphatic carbocycles. The molecule has 6 heavy (non-hydrogen) atoms. The van der Waals surface area contributed by atoms with Gasteiger partial charge in [0.25, 0.3) is 0 Å². The zero-order valence-electron chi connectivity index (χ0n) is 3.26. The van der Waals surface area contributed by atoms with Gasteiger partial charge in [0.05, 0.1) is 6.61 Å². The third-order valence-electron chi connectivity index (χ3n) is 0.547. The van der Waals surface area contributed by atoms with E-state index in [-0.39, 0.29) is 43.8 Å². The third kappa shape index (κ3) is 1.97. The fraction of sp³-hybridized carbons (Fsp3) is 0.667. The number of aliphatic hydroxyl groups excluding tert-OH is 1. The molecule has 0 aromatic rings. The zero-order valence-corrected chi connectivity index (χ0v) is 7.42. The van der Waals surface area contributed by atoms with E-state index in [0.717, 1.165) is 0 Å². The van der Waals surface area contributed by atoms with Crippen molar-refractivity contribution in [2.24, 2.45) is 4.99 Å². The Bertz CT molecular complexity index is 57.8. The molecule has 0 saturated carbocycles. The van der Waals surface area contributed by atoms with Crippen molar-refractivity contribution in [1.82, 2.24) is 0 Å². The number of nitrogens with zero attached hydrogens (tertiary/aromatic N) is 1. The van der Waals surface area contributed by atoms with Crippen LogP contribution < -0.4 is 0 Å². The maximum Gasteiger partial charge on any atom is 0.107 e. The molecule has 0 fully saturated rings. The summed E-state index contributed by atoms with van der Waals surface area (Å²) in [6, 6.07) is 0.190. The smallest absolute Gasteiger partial charge is 0.107 e. The topological polar surface area (TPSA) is 32.6 Å². The molecule has 1 rings (SSSR count). The van der Waals surface area contributed by atoms with E-state index in [9.17, 15) is 0 Å². The summed E-state index contributed by atoms with van der Waals surface area (Å²) in [5.41, 5.74) is 0. The molecule has 3 heteroatoms. The van der Waals surface area contributed by atoms with E-state index in [4.69, 9.17) is 5.11 Å². The van der Waals surface area contributed by atoms with Gasteiger partial charge in [-0.2, -0.15) is 0 Å². The van der Waals surface area contributed by atoms with Gasteiger partial charge in [-0.25, -0.2) is 0 Å². The minimum absolute atomic E-state index is 0. The third-order valence-corrected chi connectivity index (χ3v) is 0.547. The van der Waals surface area contributed by atoms with Crippen LogP contribution in [-0.4, -0.2) is 24.0 Å². The number of aliphatic hydroxyl groups is 1. The van der Waals surface area contributed by atoms with Crippen molar-refractivity contribution in [2.75, 3.05) is 6.61 Å². The minimum atomic E-state index is 0. The number of hydrogen-bond acceptors (Lipinski definition) is 2. The fourth-order valence-electron chi connectivity index (χ4n) is 0.155. The van der Waals surface area contributed by atoms with Crippen molar-refractivity contribution >= 4 is 6.21 Å². The Kier molecular flexibility index (Phi) is 3.11. The summed E-state index contributed by atoms with van der Waals surface area (Å²) in [6.45, 7) is 0.194. The van der Waals surface area contributed by atoms with E-state index in [1.165, 1.54) is 0 Å². The predicted octanol–water partition coefficient (Wildman–Crippen LogP) is -0.568. The fourth-order valence-corrected chi connectivity index (χ4v) is 0.155. The first-order valence-electron chi connectivity index (χ1n) is 1.57. The molecule has 2 nitrogen and oxygen atoms in total. The number of aliphatic imine (C=N–C) groups is 1. The van der Waals surface area contributed by atoms with Gasteiger partial charge in [-0.15, -0.1) is 0 Å². The maximum absolute atomic E-state index is 8.08. The minimum Gasteiger partial charge on any atom is -0.394 e. The largest absolute Gasteiger partial charge is 0.394 e. The molecule has 0 spiro atoms. The monoisotopic (exact) mass is 309 g/mol. The van der Waals surface area contributed by atoms with Crippen LogP contribution >= 0.6 is 0 Å². The van der Waals surface area contributed by atoms with E-state index in [1.54, 1.807) is 6.21 Å². The van der Waals surface area contributed by atoms with Crippen molar-refractivity contribution in [3.63, 3.8) is 0 Å². The van der Waals surface area contributed by atoms with E-state index in [0.29, 0.717) is 0 Å². The van der Waals surface area contributed by atoms with Crippen molar-refractivity contribution in [1.29, 1.82) is 0 Å². The first-order chi connectivity index (χ1) is 2.43. The molecule has 1 atom stereocenters. The average molecular weight is 309 g/mol. The van der Waals surface area contributed by atoms with Gasteiger partial charge in [-0.3, -0.25) is 4.99 Å². The van der Waals surface area contributed by atoms with Gasteiger partial charge in [-0.1, -0.05) is 0 Å². The summed E-state index contributed by atoms with van der Waals surface area (Å²) in [6.07, 6.45) is 1.72. The van der Waals surface area contributed by atoms with E-state index < -0.39 is 0 Å². The van der Waals surface area contributed by atoms with Crippen LogP contribution in [0.3, 0.4) is 0 Å². The van der Waals surface area contributed by atoms with Crippen LogP contribution in [0.5, 0.6) is 0 Å². The molecule has 1 N–H and O–H groups in total. The molecule has 1 aliphatic heterocycles. The van der Waals surface area contributed by atoms with Crippen LogP contribution in [0.15, 0.2) is 4.99 Å². The second-order valence-electron chi connectivity index (χ2n) is 1.05. The molecule has 0 bridgehead atoms. The molecule has 0 saturated heterocycles. The van der Waals surface area contributed by atoms with Crippen LogP contribution in [0.2, 0.25) is 0 Å². The summed E-state index contributed by atoms with van der Waals surface area (Å²) >= 11 is 0. The molecular formula is C3H5NOU. The molecule has 1 aliphatic rings. The molecule has 0 amide bonds. The van der Waals surface area contributed by atoms with Crippen molar-refractivity contribution in [3.8, 4) is 0 Å². The first-order valence-corrected chi connectivity index (χ1v) is 1.57. The molecule has 32 valence electrons. The van der Waals surface area contributed by atoms with Gasteiger partial charge in [0.2, 0.25) is 0 Å². The van der Waals surface area contributed by atoms with Crippen LogP contribution in [-0.2, 0) is 0 Å². The van der Waals surface area contributed by atoms with E-state index in [1.807, 2.05) is 0 Å². The Balaban J connectivity index is 0.000000250. The summed E-state index contributed by atoms with van der Waals surface area (Å²) in [7, 11) is 0. The Labute approximate surface area is 60.0 Å². The SMILES string of the molecule is OCC1C=N1.[U]. The van der Waals surface area contributed by atoms with Gasteiger partial charge in [0, 0.05) is 37.3 Å². The number of rotatable bonds is 1. The van der Waals surface area contributed by atoms with Crippen molar-refractivity contribution in [3.05, 3.63) is 0 Å². The van der Waals surface area contributed by atoms with E-state index >= 15 is 0 Å². The quantitative estimate of drug-likeness (QED) is 0.691. The Hall–Kier alpha value is 0.682. The van der Waals surface area contributed by atoms with Crippen molar-refractivity contribution < 1.29 is 36.2 Å². The van der Waals surface area contributed by atoms with Crippen LogP contribution in [0.25, 0.3) is 0 Å². The maximum atomic E-state index is 8.08.